The second-order valence-electron chi connectivity index (χ2n) is 4.91. The van der Waals surface area contributed by atoms with E-state index >= 15 is 0 Å². The molecule has 0 aliphatic heterocycles. The zero-order chi connectivity index (χ0) is 14.5. The summed E-state index contributed by atoms with van der Waals surface area (Å²) in [7, 11) is 0. The number of nitrogens with zero attached hydrogens (tertiary/aromatic N) is 1. The molecule has 0 spiro atoms. The number of halogens is 1. The van der Waals surface area contributed by atoms with E-state index in [1.54, 1.807) is 0 Å². The molecule has 0 saturated carbocycles. The number of nitrogens with one attached hydrogen (secondary N) is 1. The third-order valence-corrected chi connectivity index (χ3v) is 4.98. The van der Waals surface area contributed by atoms with Gasteiger partial charge in [-0.15, -0.1) is 0 Å². The van der Waals surface area contributed by atoms with Crippen molar-refractivity contribution in [1.82, 2.24) is 10.4 Å². The average molecular weight is 381 g/mol. The Morgan fingerprint density at radius 1 is 1.30 bits per heavy atom. The Labute approximate surface area is 134 Å². The van der Waals surface area contributed by atoms with Gasteiger partial charge >= 0.3 is 0 Å². The molecule has 0 amide bonds. The first-order valence-corrected chi connectivity index (χ1v) is 7.88. The first-order chi connectivity index (χ1) is 9.65. The highest BCUT2D eigenvalue weighted by atomic mass is 127. The number of nitrogens with two attached hydrogens (primary N) is 1. The lowest BCUT2D eigenvalue weighted by Crippen LogP contribution is -2.30. The van der Waals surface area contributed by atoms with Crippen LogP contribution in [0.3, 0.4) is 0 Å². The molecule has 106 valence electrons. The van der Waals surface area contributed by atoms with Crippen molar-refractivity contribution in [1.29, 1.82) is 0 Å². The van der Waals surface area contributed by atoms with Crippen molar-refractivity contribution in [2.24, 2.45) is 5.84 Å². The topological polar surface area (TPSA) is 50.9 Å². The Hall–Kier alpha value is -0.980. The van der Waals surface area contributed by atoms with Gasteiger partial charge in [-0.3, -0.25) is 16.3 Å². The van der Waals surface area contributed by atoms with Crippen LogP contribution in [-0.2, 0) is 12.8 Å². The van der Waals surface area contributed by atoms with Gasteiger partial charge in [-0.1, -0.05) is 31.2 Å². The second kappa shape index (κ2) is 7.15. The molecule has 0 fully saturated rings. The zero-order valence-corrected chi connectivity index (χ0v) is 14.0. The van der Waals surface area contributed by atoms with E-state index in [4.69, 9.17) is 5.84 Å². The van der Waals surface area contributed by atoms with Gasteiger partial charge in [-0.25, -0.2) is 0 Å². The maximum absolute atomic E-state index is 5.75. The predicted molar refractivity (Wildman–Crippen MR) is 91.3 cm³/mol. The number of aryl methyl sites for hydroxylation is 2. The van der Waals surface area contributed by atoms with Crippen molar-refractivity contribution in [3.8, 4) is 0 Å². The first kappa shape index (κ1) is 15.4. The number of hydrogen-bond donors (Lipinski definition) is 2. The lowest BCUT2D eigenvalue weighted by molar-refractivity contribution is 0.543. The Balaban J connectivity index is 2.21. The van der Waals surface area contributed by atoms with Crippen molar-refractivity contribution < 1.29 is 0 Å². The molecule has 2 aromatic rings. The van der Waals surface area contributed by atoms with E-state index in [1.807, 2.05) is 6.20 Å². The van der Waals surface area contributed by atoms with Crippen LogP contribution >= 0.6 is 22.6 Å². The van der Waals surface area contributed by atoms with Crippen LogP contribution in [0.25, 0.3) is 0 Å². The minimum Gasteiger partial charge on any atom is -0.271 e. The Morgan fingerprint density at radius 2 is 2.10 bits per heavy atom. The van der Waals surface area contributed by atoms with Gasteiger partial charge in [-0.2, -0.15) is 0 Å². The van der Waals surface area contributed by atoms with Gasteiger partial charge in [0.2, 0.25) is 0 Å². The standard InChI is InChI=1S/C16H20IN3/c1-3-12-7-8-13(19-10-12)9-15(20-18)14-6-4-5-11(2)16(14)17/h4-8,10,15,20H,3,9,18H2,1-2H3. The lowest BCUT2D eigenvalue weighted by atomic mass is 10.00. The fourth-order valence-electron chi connectivity index (χ4n) is 2.19. The summed E-state index contributed by atoms with van der Waals surface area (Å²) < 4.78 is 1.26. The van der Waals surface area contributed by atoms with Crippen molar-refractivity contribution in [3.63, 3.8) is 0 Å². The molecule has 4 heteroatoms. The highest BCUT2D eigenvalue weighted by molar-refractivity contribution is 14.1. The number of aromatic nitrogens is 1. The molecule has 3 nitrogen and oxygen atoms in total. The summed E-state index contributed by atoms with van der Waals surface area (Å²) >= 11 is 2.38. The summed E-state index contributed by atoms with van der Waals surface area (Å²) in [6, 6.07) is 10.6. The highest BCUT2D eigenvalue weighted by Crippen LogP contribution is 2.25. The van der Waals surface area contributed by atoms with Crippen LogP contribution in [0.2, 0.25) is 0 Å². The van der Waals surface area contributed by atoms with Gasteiger partial charge < -0.3 is 0 Å². The molecular weight excluding hydrogens is 361 g/mol. The smallest absolute Gasteiger partial charge is 0.0525 e. The summed E-state index contributed by atoms with van der Waals surface area (Å²) in [5, 5.41) is 0. The Bertz CT molecular complexity index is 566. The lowest BCUT2D eigenvalue weighted by Gasteiger charge is -2.18. The molecule has 3 N–H and O–H groups in total. The maximum atomic E-state index is 5.75. The monoisotopic (exact) mass is 381 g/mol. The normalized spacial score (nSPS) is 12.4. The van der Waals surface area contributed by atoms with Crippen LogP contribution < -0.4 is 11.3 Å². The average Bonchev–Trinajstić information content (AvgIpc) is 2.48. The molecule has 1 aromatic heterocycles. The maximum Gasteiger partial charge on any atom is 0.0525 e. The van der Waals surface area contributed by atoms with Gasteiger partial charge in [0.25, 0.3) is 0 Å². The van der Waals surface area contributed by atoms with E-state index in [1.165, 1.54) is 20.3 Å². The third kappa shape index (κ3) is 3.56. The van der Waals surface area contributed by atoms with E-state index < -0.39 is 0 Å². The van der Waals surface area contributed by atoms with Gasteiger partial charge in [0.1, 0.15) is 0 Å². The number of hydrogen-bond acceptors (Lipinski definition) is 3. The molecule has 1 aromatic carbocycles. The number of rotatable bonds is 5. The molecule has 0 saturated heterocycles. The van der Waals surface area contributed by atoms with Crippen molar-refractivity contribution >= 4 is 22.6 Å². The van der Waals surface area contributed by atoms with E-state index in [0.29, 0.717) is 0 Å². The summed E-state index contributed by atoms with van der Waals surface area (Å²) in [5.74, 6) is 5.75. The molecule has 20 heavy (non-hydrogen) atoms. The summed E-state index contributed by atoms with van der Waals surface area (Å²) in [6.07, 6.45) is 3.76. The fraction of sp³-hybridized carbons (Fsp3) is 0.312. The van der Waals surface area contributed by atoms with E-state index in [2.05, 4.69) is 77.2 Å². The molecular formula is C16H20IN3. The van der Waals surface area contributed by atoms with Crippen LogP contribution in [-0.4, -0.2) is 4.98 Å². The van der Waals surface area contributed by atoms with E-state index in [9.17, 15) is 0 Å². The molecule has 1 unspecified atom stereocenters. The molecule has 0 aliphatic rings. The van der Waals surface area contributed by atoms with Crippen LogP contribution in [0.15, 0.2) is 36.5 Å². The molecule has 0 aliphatic carbocycles. The van der Waals surface area contributed by atoms with Crippen LogP contribution in [0, 0.1) is 10.5 Å². The first-order valence-electron chi connectivity index (χ1n) is 6.80. The van der Waals surface area contributed by atoms with E-state index in [-0.39, 0.29) is 6.04 Å². The highest BCUT2D eigenvalue weighted by Gasteiger charge is 2.15. The minimum atomic E-state index is 0.0850. The largest absolute Gasteiger partial charge is 0.271 e. The molecule has 1 heterocycles. The zero-order valence-electron chi connectivity index (χ0n) is 11.9. The van der Waals surface area contributed by atoms with Crippen molar-refractivity contribution in [3.05, 3.63) is 62.5 Å². The van der Waals surface area contributed by atoms with Crippen molar-refractivity contribution in [2.75, 3.05) is 0 Å². The van der Waals surface area contributed by atoms with Crippen LogP contribution in [0.1, 0.15) is 35.3 Å². The van der Waals surface area contributed by atoms with Gasteiger partial charge in [0.05, 0.1) is 6.04 Å². The molecule has 0 radical (unpaired) electrons. The summed E-state index contributed by atoms with van der Waals surface area (Å²) in [4.78, 5) is 4.52. The Kier molecular flexibility index (Phi) is 5.51. The van der Waals surface area contributed by atoms with Crippen molar-refractivity contribution in [2.45, 2.75) is 32.7 Å². The molecule has 2 rings (SSSR count). The van der Waals surface area contributed by atoms with Gasteiger partial charge in [-0.05, 0) is 58.7 Å². The number of benzene rings is 1. The third-order valence-electron chi connectivity index (χ3n) is 3.51. The predicted octanol–water partition coefficient (Wildman–Crippen LogP) is 3.30. The second-order valence-corrected chi connectivity index (χ2v) is 5.99. The van der Waals surface area contributed by atoms with Crippen LogP contribution in [0.5, 0.6) is 0 Å². The SMILES string of the molecule is CCc1ccc(CC(NN)c2cccc(C)c2I)nc1. The van der Waals surface area contributed by atoms with E-state index in [0.717, 1.165) is 18.5 Å². The van der Waals surface area contributed by atoms with Crippen LogP contribution in [0.4, 0.5) is 0 Å². The Morgan fingerprint density at radius 3 is 2.70 bits per heavy atom. The number of hydrazine groups is 1. The summed E-state index contributed by atoms with van der Waals surface area (Å²) in [6.45, 7) is 4.25. The minimum absolute atomic E-state index is 0.0850. The van der Waals surface area contributed by atoms with Gasteiger partial charge in [0, 0.05) is 21.9 Å². The number of pyridine rings is 1. The molecule has 0 bridgehead atoms. The summed E-state index contributed by atoms with van der Waals surface area (Å²) in [5.41, 5.74) is 7.74. The molecule has 1 atom stereocenters. The quantitative estimate of drug-likeness (QED) is 0.475. The van der Waals surface area contributed by atoms with Gasteiger partial charge in [0.15, 0.2) is 0 Å². The fourth-order valence-corrected chi connectivity index (χ4v) is 2.93.